The van der Waals surface area contributed by atoms with Crippen molar-refractivity contribution in [2.75, 3.05) is 13.1 Å². The maximum Gasteiger partial charge on any atom is 0.412 e. The molecule has 4 bridgehead atoms. The first-order valence-electron chi connectivity index (χ1n) is 16.6. The van der Waals surface area contributed by atoms with Crippen LogP contribution in [-0.4, -0.2) is 90.3 Å². The summed E-state index contributed by atoms with van der Waals surface area (Å²) < 4.78 is 75.8. The molecule has 1 aromatic carbocycles. The number of halogens is 3. The lowest BCUT2D eigenvalue weighted by Gasteiger charge is -2.30. The van der Waals surface area contributed by atoms with Gasteiger partial charge in [-0.3, -0.25) is 29.3 Å². The van der Waals surface area contributed by atoms with E-state index in [0.29, 0.717) is 32.1 Å². The Kier molecular flexibility index (Phi) is 9.56. The van der Waals surface area contributed by atoms with Gasteiger partial charge in [0.25, 0.3) is 5.91 Å². The second-order valence-electron chi connectivity index (χ2n) is 13.5. The summed E-state index contributed by atoms with van der Waals surface area (Å²) in [7, 11) is -3.98. The van der Waals surface area contributed by atoms with Gasteiger partial charge in [-0.25, -0.2) is 13.2 Å². The molecule has 3 aliphatic heterocycles. The first-order valence-corrected chi connectivity index (χ1v) is 18.1. The largest absolute Gasteiger partial charge is 0.444 e. The lowest BCUT2D eigenvalue weighted by atomic mass is 10.0. The third kappa shape index (κ3) is 7.35. The highest BCUT2D eigenvalue weighted by Gasteiger charge is 2.62. The van der Waals surface area contributed by atoms with E-state index >= 15 is 0 Å². The minimum atomic E-state index is -5.00. The maximum absolute atomic E-state index is 14.3. The summed E-state index contributed by atoms with van der Waals surface area (Å²) in [6.45, 7) is 3.55. The summed E-state index contributed by atoms with van der Waals surface area (Å²) in [5.41, 5.74) is 1.13. The average molecular weight is 708 g/mol. The number of benzene rings is 1. The topological polar surface area (TPSA) is 154 Å². The van der Waals surface area contributed by atoms with E-state index in [1.165, 1.54) is 11.0 Å². The molecule has 1 aromatic rings. The quantitative estimate of drug-likeness (QED) is 0.382. The molecule has 2 aliphatic carbocycles. The molecule has 3 N–H and O–H groups in total. The molecule has 3 fully saturated rings. The second-order valence-corrected chi connectivity index (χ2v) is 15.4. The zero-order valence-electron chi connectivity index (χ0n) is 26.8. The molecule has 12 nitrogen and oxygen atoms in total. The molecule has 0 unspecified atom stereocenters. The van der Waals surface area contributed by atoms with Gasteiger partial charge < -0.3 is 15.0 Å². The van der Waals surface area contributed by atoms with Gasteiger partial charge in [0.05, 0.1) is 18.3 Å². The van der Waals surface area contributed by atoms with Gasteiger partial charge in [0.1, 0.15) is 17.7 Å². The Morgan fingerprint density at radius 2 is 1.90 bits per heavy atom. The molecule has 1 saturated heterocycles. The van der Waals surface area contributed by atoms with Gasteiger partial charge in [-0.05, 0) is 61.8 Å². The fourth-order valence-corrected chi connectivity index (χ4v) is 8.24. The standard InChI is InChI=1S/C33H40F3N5O7S/c1-2-22-16-32(22,30(44)39-49(46,47)24-12-13-24)38-28(42)26-15-23-18-41(26)29(43)27(33(34,35)36)37-14-7-5-3-4-6-9-20-10-8-11-21-17-40(19-25(20)21)31(45)48-23/h2,6,8-11,22-24,26-27,37H,1,3-5,7,12-19H2,(H,38,42)(H,39,44)/b9-6+/t22-,23+,26-,27+,32+/m0/s1. The number of alkyl halides is 3. The molecule has 3 heterocycles. The summed E-state index contributed by atoms with van der Waals surface area (Å²) in [5, 5.41) is 4.13. The van der Waals surface area contributed by atoms with E-state index in [2.05, 4.69) is 17.2 Å². The van der Waals surface area contributed by atoms with Crippen molar-refractivity contribution in [2.24, 2.45) is 5.92 Å². The molecule has 6 rings (SSSR count). The van der Waals surface area contributed by atoms with Crippen LogP contribution in [-0.2, 0) is 42.2 Å². The second kappa shape index (κ2) is 13.4. The predicted octanol–water partition coefficient (Wildman–Crippen LogP) is 2.89. The number of hydrogen-bond acceptors (Lipinski definition) is 8. The highest BCUT2D eigenvalue weighted by atomic mass is 32.2. The zero-order chi connectivity index (χ0) is 35.1. The summed E-state index contributed by atoms with van der Waals surface area (Å²) in [5.74, 6) is -4.03. The predicted molar refractivity (Wildman–Crippen MR) is 171 cm³/mol. The van der Waals surface area contributed by atoms with Crippen molar-refractivity contribution in [2.45, 2.75) is 99.6 Å². The highest BCUT2D eigenvalue weighted by Crippen LogP contribution is 2.45. The number of rotatable bonds is 6. The number of carbonyl (C=O) groups excluding carboxylic acids is 4. The van der Waals surface area contributed by atoms with Crippen LogP contribution in [0.2, 0.25) is 0 Å². The zero-order valence-corrected chi connectivity index (χ0v) is 27.7. The van der Waals surface area contributed by atoms with E-state index in [1.54, 1.807) is 0 Å². The molecule has 0 aromatic heterocycles. The Morgan fingerprint density at radius 1 is 1.12 bits per heavy atom. The molecular weight excluding hydrogens is 667 g/mol. The maximum atomic E-state index is 14.3. The Hall–Kier alpha value is -3.92. The number of fused-ring (bicyclic) bond motifs is 3. The normalized spacial score (nSPS) is 30.0. The van der Waals surface area contributed by atoms with Crippen molar-refractivity contribution >= 4 is 39.9 Å². The minimum Gasteiger partial charge on any atom is -0.444 e. The molecular formula is C33H40F3N5O7S. The number of nitrogens with one attached hydrogen (secondary N) is 3. The number of allylic oxidation sites excluding steroid dienone is 1. The molecule has 266 valence electrons. The molecule has 5 atom stereocenters. The Morgan fingerprint density at radius 3 is 2.59 bits per heavy atom. The first kappa shape index (κ1) is 34.9. The molecule has 5 aliphatic rings. The van der Waals surface area contributed by atoms with Gasteiger partial charge in [0.15, 0.2) is 6.04 Å². The Bertz CT molecular complexity index is 1660. The number of nitrogens with zero attached hydrogens (tertiary/aromatic N) is 2. The van der Waals surface area contributed by atoms with Crippen molar-refractivity contribution in [1.29, 1.82) is 0 Å². The van der Waals surface area contributed by atoms with Gasteiger partial charge in [0.2, 0.25) is 21.8 Å². The summed E-state index contributed by atoms with van der Waals surface area (Å²) in [6, 6.07) is 1.57. The van der Waals surface area contributed by atoms with Gasteiger partial charge >= 0.3 is 12.3 Å². The summed E-state index contributed by atoms with van der Waals surface area (Å²) in [4.78, 5) is 56.3. The van der Waals surface area contributed by atoms with Crippen molar-refractivity contribution in [1.82, 2.24) is 25.2 Å². The number of sulfonamides is 1. The van der Waals surface area contributed by atoms with E-state index in [-0.39, 0.29) is 32.5 Å². The molecule has 2 saturated carbocycles. The fourth-order valence-electron chi connectivity index (χ4n) is 6.87. The average Bonchev–Trinajstić information content (AvgIpc) is 3.93. The fraction of sp³-hybridized carbons (Fsp3) is 0.576. The van der Waals surface area contributed by atoms with Crippen LogP contribution in [0.4, 0.5) is 18.0 Å². The number of hydrogen-bond donors (Lipinski definition) is 3. The van der Waals surface area contributed by atoms with Crippen LogP contribution in [0.15, 0.2) is 36.9 Å². The van der Waals surface area contributed by atoms with E-state index in [4.69, 9.17) is 4.74 Å². The summed E-state index contributed by atoms with van der Waals surface area (Å²) in [6.07, 6.45) is 1.31. The van der Waals surface area contributed by atoms with Crippen molar-refractivity contribution in [3.05, 3.63) is 53.6 Å². The monoisotopic (exact) mass is 707 g/mol. The number of amides is 4. The van der Waals surface area contributed by atoms with Crippen molar-refractivity contribution in [3.63, 3.8) is 0 Å². The molecule has 16 heteroatoms. The summed E-state index contributed by atoms with van der Waals surface area (Å²) >= 11 is 0. The first-order chi connectivity index (χ1) is 23.2. The van der Waals surface area contributed by atoms with Crippen LogP contribution in [0.5, 0.6) is 0 Å². The minimum absolute atomic E-state index is 0.00671. The third-order valence-corrected chi connectivity index (χ3v) is 11.7. The van der Waals surface area contributed by atoms with Gasteiger partial charge in [-0.15, -0.1) is 6.58 Å². The van der Waals surface area contributed by atoms with E-state index < -0.39 is 81.5 Å². The van der Waals surface area contributed by atoms with Gasteiger partial charge in [-0.1, -0.05) is 42.8 Å². The SMILES string of the molecule is C=C[C@H]1C[C@]1(NC(=O)[C@@H]1C[C@@H]2CN1C(=O)[C@H](C(F)(F)F)NCCCCC/C=C/c1cccc3c1CN(C3)C(=O)O2)C(=O)NS(=O)(=O)C1CC1. The van der Waals surface area contributed by atoms with Crippen LogP contribution in [0.1, 0.15) is 68.1 Å². The third-order valence-electron chi connectivity index (χ3n) is 9.91. The van der Waals surface area contributed by atoms with Gasteiger partial charge in [0, 0.05) is 18.9 Å². The van der Waals surface area contributed by atoms with E-state index in [0.717, 1.165) is 28.0 Å². The van der Waals surface area contributed by atoms with Crippen molar-refractivity contribution in [3.8, 4) is 0 Å². The lowest BCUT2D eigenvalue weighted by Crippen LogP contribution is -2.60. The Labute approximate surface area is 282 Å². The van der Waals surface area contributed by atoms with Crippen LogP contribution < -0.4 is 15.4 Å². The van der Waals surface area contributed by atoms with Crippen molar-refractivity contribution < 1.29 is 45.5 Å². The molecule has 0 spiro atoms. The molecule has 49 heavy (non-hydrogen) atoms. The number of ether oxygens (including phenoxy) is 1. The van der Waals surface area contributed by atoms with Crippen LogP contribution in [0, 0.1) is 5.92 Å². The van der Waals surface area contributed by atoms with E-state index in [1.807, 2.05) is 35.1 Å². The van der Waals surface area contributed by atoms with Crippen LogP contribution in [0.3, 0.4) is 0 Å². The molecule has 4 amide bonds. The highest BCUT2D eigenvalue weighted by molar-refractivity contribution is 7.91. The molecule has 0 radical (unpaired) electrons. The van der Waals surface area contributed by atoms with E-state index in [9.17, 15) is 40.8 Å². The smallest absolute Gasteiger partial charge is 0.412 e. The van der Waals surface area contributed by atoms with Gasteiger partial charge in [-0.2, -0.15) is 13.2 Å². The number of carbonyl (C=O) groups is 4. The lowest BCUT2D eigenvalue weighted by molar-refractivity contribution is -0.177. The van der Waals surface area contributed by atoms with Crippen LogP contribution >= 0.6 is 0 Å². The van der Waals surface area contributed by atoms with Crippen LogP contribution in [0.25, 0.3) is 6.08 Å². The Balaban J connectivity index is 1.25.